The van der Waals surface area contributed by atoms with Gasteiger partial charge in [0.2, 0.25) is 0 Å². The molecule has 0 aromatic heterocycles. The summed E-state index contributed by atoms with van der Waals surface area (Å²) in [5.74, 6) is 1.97. The summed E-state index contributed by atoms with van der Waals surface area (Å²) in [4.78, 5) is 0. The Morgan fingerprint density at radius 1 is 1.00 bits per heavy atom. The molecule has 4 heteroatoms. The van der Waals surface area contributed by atoms with E-state index in [4.69, 9.17) is 14.2 Å². The molecule has 0 amide bonds. The standard InChI is InChI=1S/C16H18O4/c1-18-14-7-3-5-12(9-14)11-20-16-13(10-17)6-4-8-15(16)19-2/h3-9,17H,10-11H2,1-2H3. The van der Waals surface area contributed by atoms with Crippen molar-refractivity contribution in [1.82, 2.24) is 0 Å². The fourth-order valence-corrected chi connectivity index (χ4v) is 1.93. The Hall–Kier alpha value is -2.20. The van der Waals surface area contributed by atoms with Gasteiger partial charge in [-0.25, -0.2) is 0 Å². The Morgan fingerprint density at radius 3 is 2.50 bits per heavy atom. The van der Waals surface area contributed by atoms with Gasteiger partial charge < -0.3 is 19.3 Å². The van der Waals surface area contributed by atoms with Gasteiger partial charge >= 0.3 is 0 Å². The predicted molar refractivity (Wildman–Crippen MR) is 76.2 cm³/mol. The zero-order chi connectivity index (χ0) is 14.4. The highest BCUT2D eigenvalue weighted by atomic mass is 16.5. The van der Waals surface area contributed by atoms with Gasteiger partial charge in [-0.15, -0.1) is 0 Å². The molecule has 0 unspecified atom stereocenters. The van der Waals surface area contributed by atoms with Crippen molar-refractivity contribution < 1.29 is 19.3 Å². The van der Waals surface area contributed by atoms with E-state index in [0.717, 1.165) is 11.3 Å². The van der Waals surface area contributed by atoms with Crippen LogP contribution >= 0.6 is 0 Å². The van der Waals surface area contributed by atoms with Crippen molar-refractivity contribution in [2.75, 3.05) is 14.2 Å². The van der Waals surface area contributed by atoms with Gasteiger partial charge in [0.15, 0.2) is 11.5 Å². The van der Waals surface area contributed by atoms with Crippen LogP contribution in [0.1, 0.15) is 11.1 Å². The highest BCUT2D eigenvalue weighted by molar-refractivity contribution is 5.46. The first-order valence-electron chi connectivity index (χ1n) is 6.31. The molecule has 2 aromatic carbocycles. The normalized spacial score (nSPS) is 10.2. The SMILES string of the molecule is COc1cccc(COc2c(CO)cccc2OC)c1. The molecular weight excluding hydrogens is 256 g/mol. The minimum Gasteiger partial charge on any atom is -0.497 e. The number of rotatable bonds is 6. The van der Waals surface area contributed by atoms with Crippen LogP contribution in [-0.2, 0) is 13.2 Å². The summed E-state index contributed by atoms with van der Waals surface area (Å²) in [6.45, 7) is 0.287. The molecular formula is C16H18O4. The molecule has 2 rings (SSSR count). The molecule has 2 aromatic rings. The molecule has 1 N–H and O–H groups in total. The third-order valence-electron chi connectivity index (χ3n) is 2.97. The van der Waals surface area contributed by atoms with Crippen LogP contribution < -0.4 is 14.2 Å². The van der Waals surface area contributed by atoms with Gasteiger partial charge in [0.05, 0.1) is 20.8 Å². The lowest BCUT2D eigenvalue weighted by Crippen LogP contribution is -2.01. The molecule has 0 aliphatic rings. The van der Waals surface area contributed by atoms with E-state index in [0.29, 0.717) is 23.7 Å². The second kappa shape index (κ2) is 6.82. The third kappa shape index (κ3) is 3.22. The average molecular weight is 274 g/mol. The van der Waals surface area contributed by atoms with E-state index in [1.165, 1.54) is 0 Å². The number of methoxy groups -OCH3 is 2. The minimum atomic E-state index is -0.0926. The zero-order valence-corrected chi connectivity index (χ0v) is 11.6. The molecule has 0 heterocycles. The van der Waals surface area contributed by atoms with Crippen molar-refractivity contribution in [2.45, 2.75) is 13.2 Å². The fraction of sp³-hybridized carbons (Fsp3) is 0.250. The van der Waals surface area contributed by atoms with Gasteiger partial charge in [-0.1, -0.05) is 24.3 Å². The number of para-hydroxylation sites is 1. The lowest BCUT2D eigenvalue weighted by molar-refractivity contribution is 0.249. The molecule has 4 nitrogen and oxygen atoms in total. The quantitative estimate of drug-likeness (QED) is 0.880. The number of aliphatic hydroxyl groups is 1. The van der Waals surface area contributed by atoms with Crippen molar-refractivity contribution in [2.24, 2.45) is 0 Å². The van der Waals surface area contributed by atoms with Gasteiger partial charge in [0, 0.05) is 5.56 Å². The molecule has 0 radical (unpaired) electrons. The Kier molecular flexibility index (Phi) is 4.85. The van der Waals surface area contributed by atoms with Crippen LogP contribution in [0.15, 0.2) is 42.5 Å². The molecule has 106 valence electrons. The van der Waals surface area contributed by atoms with Crippen molar-refractivity contribution in [1.29, 1.82) is 0 Å². The number of hydrogen-bond donors (Lipinski definition) is 1. The molecule has 20 heavy (non-hydrogen) atoms. The van der Waals surface area contributed by atoms with E-state index in [2.05, 4.69) is 0 Å². The van der Waals surface area contributed by atoms with Gasteiger partial charge in [0.1, 0.15) is 12.4 Å². The van der Waals surface area contributed by atoms with Crippen LogP contribution in [0.3, 0.4) is 0 Å². The maximum atomic E-state index is 9.36. The highest BCUT2D eigenvalue weighted by Gasteiger charge is 2.10. The average Bonchev–Trinajstić information content (AvgIpc) is 2.52. The second-order valence-electron chi connectivity index (χ2n) is 4.25. The summed E-state index contributed by atoms with van der Waals surface area (Å²) in [6, 6.07) is 13.1. The zero-order valence-electron chi connectivity index (χ0n) is 11.6. The number of aliphatic hydroxyl groups excluding tert-OH is 1. The highest BCUT2D eigenvalue weighted by Crippen LogP contribution is 2.31. The van der Waals surface area contributed by atoms with Crippen molar-refractivity contribution in [3.05, 3.63) is 53.6 Å². The Morgan fingerprint density at radius 2 is 1.80 bits per heavy atom. The summed E-state index contributed by atoms with van der Waals surface area (Å²) in [7, 11) is 3.21. The molecule has 0 spiro atoms. The van der Waals surface area contributed by atoms with Crippen molar-refractivity contribution in [3.63, 3.8) is 0 Å². The predicted octanol–water partition coefficient (Wildman–Crippen LogP) is 2.78. The first-order chi connectivity index (χ1) is 9.78. The summed E-state index contributed by atoms with van der Waals surface area (Å²) < 4.78 is 16.2. The maximum Gasteiger partial charge on any atom is 0.167 e. The van der Waals surface area contributed by atoms with E-state index >= 15 is 0 Å². The first kappa shape index (κ1) is 14.2. The molecule has 0 aliphatic carbocycles. The van der Waals surface area contributed by atoms with Crippen LogP contribution in [0, 0.1) is 0 Å². The topological polar surface area (TPSA) is 47.9 Å². The lowest BCUT2D eigenvalue weighted by Gasteiger charge is -2.14. The van der Waals surface area contributed by atoms with Crippen LogP contribution in [-0.4, -0.2) is 19.3 Å². The van der Waals surface area contributed by atoms with Crippen LogP contribution in [0.4, 0.5) is 0 Å². The Balaban J connectivity index is 2.17. The van der Waals surface area contributed by atoms with Gasteiger partial charge in [-0.2, -0.15) is 0 Å². The fourth-order valence-electron chi connectivity index (χ4n) is 1.93. The molecule has 0 aliphatic heterocycles. The molecule has 0 saturated heterocycles. The van der Waals surface area contributed by atoms with Crippen molar-refractivity contribution in [3.8, 4) is 17.2 Å². The van der Waals surface area contributed by atoms with E-state index in [1.807, 2.05) is 36.4 Å². The lowest BCUT2D eigenvalue weighted by atomic mass is 10.2. The van der Waals surface area contributed by atoms with E-state index in [9.17, 15) is 5.11 Å². The van der Waals surface area contributed by atoms with Gasteiger partial charge in [0.25, 0.3) is 0 Å². The van der Waals surface area contributed by atoms with Gasteiger partial charge in [-0.3, -0.25) is 0 Å². The van der Waals surface area contributed by atoms with Gasteiger partial charge in [-0.05, 0) is 23.8 Å². The van der Waals surface area contributed by atoms with E-state index in [1.54, 1.807) is 20.3 Å². The molecule has 0 saturated carbocycles. The van der Waals surface area contributed by atoms with E-state index in [-0.39, 0.29) is 6.61 Å². The summed E-state index contributed by atoms with van der Waals surface area (Å²) in [5, 5.41) is 9.36. The monoisotopic (exact) mass is 274 g/mol. The molecule has 0 bridgehead atoms. The largest absolute Gasteiger partial charge is 0.497 e. The minimum absolute atomic E-state index is 0.0926. The second-order valence-corrected chi connectivity index (χ2v) is 4.25. The maximum absolute atomic E-state index is 9.36. The molecule has 0 fully saturated rings. The van der Waals surface area contributed by atoms with Crippen LogP contribution in [0.25, 0.3) is 0 Å². The number of hydrogen-bond acceptors (Lipinski definition) is 4. The van der Waals surface area contributed by atoms with E-state index < -0.39 is 0 Å². The Labute approximate surface area is 118 Å². The Bertz CT molecular complexity index is 544. The summed E-state index contributed by atoms with van der Waals surface area (Å²) in [6.07, 6.45) is 0. The van der Waals surface area contributed by atoms with Crippen molar-refractivity contribution >= 4 is 0 Å². The number of ether oxygens (including phenoxy) is 3. The van der Waals surface area contributed by atoms with Crippen LogP contribution in [0.5, 0.6) is 17.2 Å². The summed E-state index contributed by atoms with van der Waals surface area (Å²) >= 11 is 0. The first-order valence-corrected chi connectivity index (χ1v) is 6.31. The summed E-state index contributed by atoms with van der Waals surface area (Å²) in [5.41, 5.74) is 1.69. The third-order valence-corrected chi connectivity index (χ3v) is 2.97. The molecule has 0 atom stereocenters. The van der Waals surface area contributed by atoms with Crippen LogP contribution in [0.2, 0.25) is 0 Å². The number of benzene rings is 2. The smallest absolute Gasteiger partial charge is 0.167 e.